The second kappa shape index (κ2) is 23.9. The van der Waals surface area contributed by atoms with Gasteiger partial charge in [0.1, 0.15) is 30.2 Å². The molecule has 0 unspecified atom stereocenters. The van der Waals surface area contributed by atoms with Crippen LogP contribution in [0.15, 0.2) is 12.5 Å². The van der Waals surface area contributed by atoms with Gasteiger partial charge in [0, 0.05) is 37.9 Å². The third kappa shape index (κ3) is 14.8. The number of nitrogens with two attached hydrogens (primary N) is 5. The molecule has 55 heavy (non-hydrogen) atoms. The monoisotopic (exact) mass is 783 g/mol. The molecule has 1 aromatic rings. The fourth-order valence-corrected chi connectivity index (χ4v) is 5.78. The van der Waals surface area contributed by atoms with E-state index in [1.165, 1.54) is 17.4 Å². The number of carboxylic acids is 1. The molecular formula is C32H57N13O10. The maximum atomic E-state index is 13.7. The Hall–Kier alpha value is -4.78. The molecule has 23 nitrogen and oxygen atoms in total. The van der Waals surface area contributed by atoms with E-state index in [2.05, 4.69) is 36.6 Å². The van der Waals surface area contributed by atoms with Gasteiger partial charge in [0.2, 0.25) is 35.4 Å². The van der Waals surface area contributed by atoms with Gasteiger partial charge in [-0.2, -0.15) is 0 Å². The van der Waals surface area contributed by atoms with Crippen LogP contribution in [0, 0.1) is 0 Å². The summed E-state index contributed by atoms with van der Waals surface area (Å²) in [7, 11) is 0. The molecule has 2 rings (SSSR count). The first-order valence-electron chi connectivity index (χ1n) is 18.1. The van der Waals surface area contributed by atoms with E-state index in [0.29, 0.717) is 37.9 Å². The van der Waals surface area contributed by atoms with Crippen LogP contribution in [0.4, 0.5) is 0 Å². The summed E-state index contributed by atoms with van der Waals surface area (Å²) in [6.45, 7) is -1.04. The van der Waals surface area contributed by atoms with Gasteiger partial charge in [-0.05, 0) is 51.6 Å². The minimum absolute atomic E-state index is 0.0647. The van der Waals surface area contributed by atoms with Crippen molar-refractivity contribution >= 4 is 41.4 Å². The number of amides is 6. The number of aliphatic hydroxyl groups excluding tert-OH is 2. The molecule has 0 radical (unpaired) electrons. The zero-order chi connectivity index (χ0) is 41.1. The summed E-state index contributed by atoms with van der Waals surface area (Å²) < 4.78 is 0. The highest BCUT2D eigenvalue weighted by atomic mass is 16.4. The van der Waals surface area contributed by atoms with Crippen LogP contribution in [0.2, 0.25) is 0 Å². The first-order chi connectivity index (χ1) is 26.2. The van der Waals surface area contributed by atoms with Crippen molar-refractivity contribution < 1.29 is 48.9 Å². The smallest absolute Gasteiger partial charge is 0.326 e. The summed E-state index contributed by atoms with van der Waals surface area (Å²) in [6.07, 6.45) is 1.82. The van der Waals surface area contributed by atoms with Gasteiger partial charge < -0.3 is 80.5 Å². The van der Waals surface area contributed by atoms with Crippen molar-refractivity contribution in [2.24, 2.45) is 28.7 Å². The summed E-state index contributed by atoms with van der Waals surface area (Å²) >= 11 is 0. The minimum atomic E-state index is -1.77. The molecule has 310 valence electrons. The van der Waals surface area contributed by atoms with Crippen LogP contribution >= 0.6 is 0 Å². The molecule has 0 aliphatic carbocycles. The molecule has 1 aliphatic rings. The predicted octanol–water partition coefficient (Wildman–Crippen LogP) is -7.08. The number of unbranched alkanes of at least 4 members (excludes halogenated alkanes) is 1. The number of carbonyl (C=O) groups is 7. The van der Waals surface area contributed by atoms with Gasteiger partial charge in [0.05, 0.1) is 31.1 Å². The number of aliphatic carboxylic acids is 1. The number of imidazole rings is 1. The van der Waals surface area contributed by atoms with E-state index >= 15 is 0 Å². The van der Waals surface area contributed by atoms with Gasteiger partial charge in [-0.1, -0.05) is 6.42 Å². The SMILES string of the molecule is NCCCC[C@H](N)C(=O)N[C@H](C(=O)N[C@H](C(=O)NCC(=O)N[C@H](CCCN)C(=O)N1CCC[C@H]1C(=O)N[C@@H](Cc1cnc[nH]1)C(=O)O)[C@@H](O)CN)[C@@H](O)CN. The molecule has 1 saturated heterocycles. The number of hydrogen-bond acceptors (Lipinski definition) is 15. The molecule has 6 amide bonds. The van der Waals surface area contributed by atoms with E-state index in [1.54, 1.807) is 0 Å². The Kier molecular flexibility index (Phi) is 20.1. The fraction of sp³-hybridized carbons (Fsp3) is 0.688. The molecule has 1 aliphatic heterocycles. The molecule has 0 saturated carbocycles. The number of rotatable bonds is 25. The van der Waals surface area contributed by atoms with Crippen molar-refractivity contribution in [1.82, 2.24) is 41.5 Å². The van der Waals surface area contributed by atoms with Gasteiger partial charge in [-0.25, -0.2) is 9.78 Å². The highest BCUT2D eigenvalue weighted by molar-refractivity contribution is 5.96. The average Bonchev–Trinajstić information content (AvgIpc) is 3.88. The second-order valence-electron chi connectivity index (χ2n) is 13.1. The van der Waals surface area contributed by atoms with Crippen LogP contribution < -0.4 is 55.3 Å². The summed E-state index contributed by atoms with van der Waals surface area (Å²) in [6, 6.07) is -8.01. The van der Waals surface area contributed by atoms with E-state index in [4.69, 9.17) is 28.7 Å². The van der Waals surface area contributed by atoms with Crippen molar-refractivity contribution in [3.05, 3.63) is 18.2 Å². The van der Waals surface area contributed by atoms with E-state index in [1.807, 2.05) is 0 Å². The van der Waals surface area contributed by atoms with E-state index in [0.717, 1.165) is 0 Å². The Balaban J connectivity index is 2.09. The van der Waals surface area contributed by atoms with Crippen LogP contribution in [0.5, 0.6) is 0 Å². The number of carboxylic acid groups (broad SMARTS) is 1. The summed E-state index contributed by atoms with van der Waals surface area (Å²) in [5, 5.41) is 42.3. The quantitative estimate of drug-likeness (QED) is 0.0410. The van der Waals surface area contributed by atoms with Crippen molar-refractivity contribution in [3.8, 4) is 0 Å². The molecule has 8 atom stereocenters. The van der Waals surface area contributed by atoms with E-state index < -0.39 is 110 Å². The number of carbonyl (C=O) groups excluding carboxylic acids is 6. The number of nitrogens with one attached hydrogen (secondary N) is 6. The molecule has 2 heterocycles. The minimum Gasteiger partial charge on any atom is -0.480 e. The lowest BCUT2D eigenvalue weighted by molar-refractivity contribution is -0.145. The first kappa shape index (κ1) is 46.4. The number of aromatic nitrogens is 2. The number of nitrogens with zero attached hydrogens (tertiary/aromatic N) is 2. The predicted molar refractivity (Wildman–Crippen MR) is 195 cm³/mol. The van der Waals surface area contributed by atoms with Gasteiger partial charge in [-0.3, -0.25) is 28.8 Å². The van der Waals surface area contributed by atoms with Crippen LogP contribution in [0.25, 0.3) is 0 Å². The van der Waals surface area contributed by atoms with Crippen molar-refractivity contribution in [1.29, 1.82) is 0 Å². The largest absolute Gasteiger partial charge is 0.480 e. The van der Waals surface area contributed by atoms with Crippen LogP contribution in [-0.2, 0) is 40.0 Å². The highest BCUT2D eigenvalue weighted by Gasteiger charge is 2.39. The van der Waals surface area contributed by atoms with Crippen molar-refractivity contribution in [2.45, 2.75) is 99.8 Å². The lowest BCUT2D eigenvalue weighted by atomic mass is 10.1. The molecule has 0 aromatic carbocycles. The maximum absolute atomic E-state index is 13.7. The molecule has 0 bridgehead atoms. The van der Waals surface area contributed by atoms with Crippen molar-refractivity contribution in [3.63, 3.8) is 0 Å². The Bertz CT molecular complexity index is 1420. The fourth-order valence-electron chi connectivity index (χ4n) is 5.78. The molecule has 19 N–H and O–H groups in total. The molecule has 23 heteroatoms. The first-order valence-corrected chi connectivity index (χ1v) is 18.1. The highest BCUT2D eigenvalue weighted by Crippen LogP contribution is 2.20. The van der Waals surface area contributed by atoms with E-state index in [9.17, 15) is 48.9 Å². The van der Waals surface area contributed by atoms with Gasteiger partial charge in [-0.15, -0.1) is 0 Å². The Morgan fingerprint density at radius 2 is 1.47 bits per heavy atom. The average molecular weight is 784 g/mol. The maximum Gasteiger partial charge on any atom is 0.326 e. The summed E-state index contributed by atoms with van der Waals surface area (Å²) in [5.74, 6) is -6.41. The summed E-state index contributed by atoms with van der Waals surface area (Å²) in [5.41, 5.74) is 28.6. The Labute approximate surface area is 317 Å². The molecule has 1 aromatic heterocycles. The standard InChI is InChI=1S/C32H57N13O10/c33-8-2-1-5-18(37)27(49)43-26(23(47)13-36)30(52)44-25(22(46)12-35)29(51)39-15-24(48)41-19(6-3-9-34)31(53)45-10-4-7-21(45)28(50)42-20(32(54)55)11-17-14-38-16-40-17/h14,16,18-23,25-26,46-47H,1-13,15,33-37H2,(H,38,40)(H,39,51)(H,41,48)(H,42,50)(H,43,49)(H,44,52)(H,54,55)/t18-,19+,20-,21-,22-,23-,25-,26-/m0/s1. The number of likely N-dealkylation sites (tertiary alicyclic amines) is 1. The third-order valence-corrected chi connectivity index (χ3v) is 8.90. The van der Waals surface area contributed by atoms with E-state index in [-0.39, 0.29) is 38.8 Å². The topological polar surface area (TPSA) is 402 Å². The van der Waals surface area contributed by atoms with Crippen LogP contribution in [0.1, 0.15) is 50.6 Å². The normalized spacial score (nSPS) is 17.8. The Morgan fingerprint density at radius 3 is 2.05 bits per heavy atom. The molecule has 0 spiro atoms. The molecular weight excluding hydrogens is 726 g/mol. The Morgan fingerprint density at radius 1 is 0.836 bits per heavy atom. The lowest BCUT2D eigenvalue weighted by Crippen LogP contribution is -2.63. The third-order valence-electron chi connectivity index (χ3n) is 8.90. The number of aromatic amines is 1. The molecule has 1 fully saturated rings. The van der Waals surface area contributed by atoms with Crippen LogP contribution in [0.3, 0.4) is 0 Å². The van der Waals surface area contributed by atoms with Gasteiger partial charge in [0.15, 0.2) is 0 Å². The zero-order valence-corrected chi connectivity index (χ0v) is 30.7. The number of H-pyrrole nitrogens is 1. The lowest BCUT2D eigenvalue weighted by Gasteiger charge is -2.30. The van der Waals surface area contributed by atoms with Crippen LogP contribution in [-0.4, -0.2) is 159 Å². The van der Waals surface area contributed by atoms with Gasteiger partial charge >= 0.3 is 5.97 Å². The number of hydrogen-bond donors (Lipinski definition) is 14. The van der Waals surface area contributed by atoms with Gasteiger partial charge in [0.25, 0.3) is 0 Å². The zero-order valence-electron chi connectivity index (χ0n) is 30.7. The van der Waals surface area contributed by atoms with Crippen molar-refractivity contribution in [2.75, 3.05) is 39.3 Å². The summed E-state index contributed by atoms with van der Waals surface area (Å²) in [4.78, 5) is 98.7. The number of aliphatic hydroxyl groups is 2. The second-order valence-corrected chi connectivity index (χ2v) is 13.1.